The van der Waals surface area contributed by atoms with Gasteiger partial charge >= 0.3 is 0 Å². The van der Waals surface area contributed by atoms with Gasteiger partial charge in [-0.25, -0.2) is 19.0 Å². The van der Waals surface area contributed by atoms with Crippen LogP contribution in [-0.2, 0) is 37.2 Å². The molecule has 0 aliphatic heterocycles. The third-order valence-electron chi connectivity index (χ3n) is 7.25. The first kappa shape index (κ1) is 29.2. The minimum absolute atomic E-state index is 0.0739. The molecule has 1 aliphatic carbocycles. The van der Waals surface area contributed by atoms with Gasteiger partial charge in [0.1, 0.15) is 0 Å². The van der Waals surface area contributed by atoms with Crippen molar-refractivity contribution in [3.05, 3.63) is 101 Å². The number of fused-ring (bicyclic) bond motifs is 1. The minimum Gasteiger partial charge on any atom is -0.379 e. The van der Waals surface area contributed by atoms with Crippen LogP contribution in [0.15, 0.2) is 83.8 Å². The molecule has 10 heteroatoms. The van der Waals surface area contributed by atoms with Gasteiger partial charge < -0.3 is 9.64 Å². The number of sulfonamides is 1. The number of hydrogen-bond donors (Lipinski definition) is 2. The topological polar surface area (TPSA) is 111 Å². The van der Waals surface area contributed by atoms with Crippen molar-refractivity contribution >= 4 is 27.5 Å². The van der Waals surface area contributed by atoms with Crippen molar-refractivity contribution < 1.29 is 22.8 Å². The standard InChI is InChI=1S/C29H34ClN3O5S/c1-33(28-26-11-7-6-10-21(26)18-27(28)37-2)29(34)22(16-20-8-4-3-5-9-20)17-24(38-31)19-32-39(35,36)25-14-12-23(30)13-15-25/h3-15,22,24,27-28,32H,16-19,31H2,1-2H3/t22-,24+,27+,28+/m1/s1. The molecule has 0 heterocycles. The molecular formula is C29H34ClN3O5S. The van der Waals surface area contributed by atoms with E-state index in [1.165, 1.54) is 24.3 Å². The number of nitrogens with two attached hydrogens (primary N) is 1. The number of likely N-dealkylation sites (N-methyl/N-ethyl adjacent to an activating group) is 1. The summed E-state index contributed by atoms with van der Waals surface area (Å²) in [6.07, 6.45) is 0.469. The first-order chi connectivity index (χ1) is 18.7. The lowest BCUT2D eigenvalue weighted by atomic mass is 9.91. The zero-order valence-electron chi connectivity index (χ0n) is 22.0. The lowest BCUT2D eigenvalue weighted by Gasteiger charge is -2.33. The van der Waals surface area contributed by atoms with Crippen LogP contribution in [0.2, 0.25) is 5.02 Å². The molecule has 0 unspecified atom stereocenters. The van der Waals surface area contributed by atoms with E-state index < -0.39 is 22.0 Å². The van der Waals surface area contributed by atoms with Gasteiger partial charge in [0.2, 0.25) is 15.9 Å². The summed E-state index contributed by atoms with van der Waals surface area (Å²) in [5.41, 5.74) is 3.21. The number of methoxy groups -OCH3 is 1. The normalized spacial score (nSPS) is 18.4. The first-order valence-corrected chi connectivity index (χ1v) is 14.6. The Bertz CT molecular complexity index is 1350. The number of nitrogens with one attached hydrogen (secondary N) is 1. The Labute approximate surface area is 235 Å². The van der Waals surface area contributed by atoms with E-state index in [1.54, 1.807) is 19.1 Å². The Kier molecular flexibility index (Phi) is 9.76. The van der Waals surface area contributed by atoms with E-state index in [0.29, 0.717) is 11.4 Å². The average molecular weight is 572 g/mol. The fraction of sp³-hybridized carbons (Fsp3) is 0.345. The summed E-state index contributed by atoms with van der Waals surface area (Å²) >= 11 is 5.89. The molecule has 0 bridgehead atoms. The van der Waals surface area contributed by atoms with Crippen LogP contribution in [0.4, 0.5) is 0 Å². The summed E-state index contributed by atoms with van der Waals surface area (Å²) < 4.78 is 33.9. The third-order valence-corrected chi connectivity index (χ3v) is 8.95. The molecule has 0 saturated heterocycles. The zero-order chi connectivity index (χ0) is 28.0. The number of carbonyl (C=O) groups excluding carboxylic acids is 1. The number of hydrogen-bond acceptors (Lipinski definition) is 6. The lowest BCUT2D eigenvalue weighted by Crippen LogP contribution is -2.43. The number of carbonyl (C=O) groups is 1. The molecule has 0 aromatic heterocycles. The second-order valence-electron chi connectivity index (χ2n) is 9.76. The van der Waals surface area contributed by atoms with E-state index in [4.69, 9.17) is 27.1 Å². The molecule has 39 heavy (non-hydrogen) atoms. The maximum Gasteiger partial charge on any atom is 0.240 e. The van der Waals surface area contributed by atoms with Crippen LogP contribution in [-0.4, -0.2) is 52.1 Å². The van der Waals surface area contributed by atoms with Gasteiger partial charge in [-0.2, -0.15) is 0 Å². The monoisotopic (exact) mass is 571 g/mol. The maximum atomic E-state index is 14.0. The van der Waals surface area contributed by atoms with Crippen LogP contribution >= 0.6 is 11.6 Å². The molecule has 3 aromatic rings. The Morgan fingerprint density at radius 2 is 1.74 bits per heavy atom. The van der Waals surface area contributed by atoms with Gasteiger partial charge in [-0.3, -0.25) is 9.63 Å². The van der Waals surface area contributed by atoms with E-state index in [2.05, 4.69) is 10.8 Å². The van der Waals surface area contributed by atoms with E-state index in [9.17, 15) is 13.2 Å². The van der Waals surface area contributed by atoms with Crippen LogP contribution in [0.5, 0.6) is 0 Å². The Balaban J connectivity index is 1.53. The Hall–Kier alpha value is -2.79. The number of ether oxygens (including phenoxy) is 1. The van der Waals surface area contributed by atoms with Crippen molar-refractivity contribution in [3.63, 3.8) is 0 Å². The predicted octanol–water partition coefficient (Wildman–Crippen LogP) is 3.90. The van der Waals surface area contributed by atoms with Gasteiger partial charge in [0.25, 0.3) is 0 Å². The molecule has 0 radical (unpaired) electrons. The molecule has 4 atom stereocenters. The summed E-state index contributed by atoms with van der Waals surface area (Å²) in [5.74, 6) is 5.00. The van der Waals surface area contributed by atoms with E-state index in [-0.39, 0.29) is 35.9 Å². The SMILES string of the molecule is CO[C@H]1Cc2ccccc2[C@@H]1N(C)C(=O)[C@H](Cc1ccccc1)C[C@@H](CNS(=O)(=O)c1ccc(Cl)cc1)ON. The maximum absolute atomic E-state index is 14.0. The van der Waals surface area contributed by atoms with Gasteiger partial charge in [0.15, 0.2) is 0 Å². The number of benzene rings is 3. The molecule has 4 rings (SSSR count). The number of halogens is 1. The lowest BCUT2D eigenvalue weighted by molar-refractivity contribution is -0.140. The summed E-state index contributed by atoms with van der Waals surface area (Å²) in [7, 11) is -0.373. The highest BCUT2D eigenvalue weighted by Crippen LogP contribution is 2.38. The van der Waals surface area contributed by atoms with Crippen LogP contribution in [0, 0.1) is 5.92 Å². The molecule has 8 nitrogen and oxygen atoms in total. The van der Waals surface area contributed by atoms with Crippen molar-refractivity contribution in [1.29, 1.82) is 0 Å². The molecular weight excluding hydrogens is 538 g/mol. The van der Waals surface area contributed by atoms with Gasteiger partial charge in [-0.15, -0.1) is 0 Å². The van der Waals surface area contributed by atoms with Crippen LogP contribution < -0.4 is 10.6 Å². The summed E-state index contributed by atoms with van der Waals surface area (Å²) in [6, 6.07) is 23.4. The molecule has 1 amide bonds. The fourth-order valence-electron chi connectivity index (χ4n) is 5.21. The molecule has 0 fully saturated rings. The number of rotatable bonds is 12. The highest BCUT2D eigenvalue weighted by atomic mass is 35.5. The average Bonchev–Trinajstić information content (AvgIpc) is 3.33. The third kappa shape index (κ3) is 7.05. The van der Waals surface area contributed by atoms with Crippen molar-refractivity contribution in [2.75, 3.05) is 20.7 Å². The first-order valence-electron chi connectivity index (χ1n) is 12.8. The quantitative estimate of drug-likeness (QED) is 0.319. The zero-order valence-corrected chi connectivity index (χ0v) is 23.6. The van der Waals surface area contributed by atoms with Crippen molar-refractivity contribution in [1.82, 2.24) is 9.62 Å². The van der Waals surface area contributed by atoms with Gasteiger partial charge in [0.05, 0.1) is 23.1 Å². The Morgan fingerprint density at radius 3 is 2.41 bits per heavy atom. The number of amides is 1. The van der Waals surface area contributed by atoms with Crippen molar-refractivity contribution in [2.45, 2.75) is 42.4 Å². The van der Waals surface area contributed by atoms with Crippen LogP contribution in [0.1, 0.15) is 29.2 Å². The van der Waals surface area contributed by atoms with Crippen molar-refractivity contribution in [2.24, 2.45) is 11.8 Å². The largest absolute Gasteiger partial charge is 0.379 e. The summed E-state index contributed by atoms with van der Waals surface area (Å²) in [6.45, 7) is -0.100. The van der Waals surface area contributed by atoms with Crippen LogP contribution in [0.25, 0.3) is 0 Å². The van der Waals surface area contributed by atoms with E-state index in [0.717, 1.165) is 23.1 Å². The second kappa shape index (κ2) is 13.0. The highest BCUT2D eigenvalue weighted by molar-refractivity contribution is 7.89. The summed E-state index contributed by atoms with van der Waals surface area (Å²) in [5, 5.41) is 0.434. The fourth-order valence-corrected chi connectivity index (χ4v) is 6.40. The Morgan fingerprint density at radius 1 is 1.08 bits per heavy atom. The smallest absolute Gasteiger partial charge is 0.240 e. The summed E-state index contributed by atoms with van der Waals surface area (Å²) in [4.78, 5) is 21.0. The molecule has 1 aliphatic rings. The highest BCUT2D eigenvalue weighted by Gasteiger charge is 2.39. The molecule has 0 spiro atoms. The van der Waals surface area contributed by atoms with Gasteiger partial charge in [-0.05, 0) is 53.8 Å². The molecule has 208 valence electrons. The second-order valence-corrected chi connectivity index (χ2v) is 12.0. The molecule has 0 saturated carbocycles. The minimum atomic E-state index is -3.83. The van der Waals surface area contributed by atoms with E-state index >= 15 is 0 Å². The molecule has 3 aromatic carbocycles. The number of nitrogens with zero attached hydrogens (tertiary/aromatic N) is 1. The van der Waals surface area contributed by atoms with E-state index in [1.807, 2.05) is 48.5 Å². The van der Waals surface area contributed by atoms with Crippen molar-refractivity contribution in [3.8, 4) is 0 Å². The van der Waals surface area contributed by atoms with Crippen LogP contribution in [0.3, 0.4) is 0 Å². The van der Waals surface area contributed by atoms with Gasteiger partial charge in [0, 0.05) is 38.1 Å². The molecule has 3 N–H and O–H groups in total. The van der Waals surface area contributed by atoms with Gasteiger partial charge in [-0.1, -0.05) is 66.2 Å². The predicted molar refractivity (Wildman–Crippen MR) is 150 cm³/mol.